The lowest BCUT2D eigenvalue weighted by atomic mass is 10.0. The number of benzene rings is 2. The molecule has 0 nitrogen and oxygen atoms in total. The van der Waals surface area contributed by atoms with Crippen LogP contribution in [0.1, 0.15) is 32.1 Å². The second kappa shape index (κ2) is 8.61. The molecule has 2 heteroatoms. The second-order valence-electron chi connectivity index (χ2n) is 7.53. The fourth-order valence-corrected chi connectivity index (χ4v) is 9.05. The van der Waals surface area contributed by atoms with Gasteiger partial charge in [-0.2, -0.15) is 0 Å². The summed E-state index contributed by atoms with van der Waals surface area (Å²) < 4.78 is 0. The molecule has 0 spiro atoms. The van der Waals surface area contributed by atoms with Crippen LogP contribution < -0.4 is 0 Å². The first-order chi connectivity index (χ1) is 13.3. The average molecular weight is 393 g/mol. The van der Waals surface area contributed by atoms with Crippen molar-refractivity contribution in [1.29, 1.82) is 0 Å². The van der Waals surface area contributed by atoms with Crippen molar-refractivity contribution < 1.29 is 0 Å². The standard InChI is InChI=1S/C25H28S2/c1-27(23-13-7-3-8-14-23,24-15-9-4-10-16-24)25-19-17-22(18-20-25)26-21-11-5-2-6-12-21/h2-3,5-8,11-14,17,19-20,24-25H,4,9-10,15-16H2,1H3. The van der Waals surface area contributed by atoms with Gasteiger partial charge in [-0.3, -0.25) is 0 Å². The molecule has 1 saturated carbocycles. The molecule has 0 amide bonds. The van der Waals surface area contributed by atoms with E-state index < -0.39 is 10.0 Å². The van der Waals surface area contributed by atoms with Crippen molar-refractivity contribution in [2.45, 2.75) is 52.4 Å². The highest BCUT2D eigenvalue weighted by atomic mass is 32.3. The molecule has 140 valence electrons. The summed E-state index contributed by atoms with van der Waals surface area (Å²) in [6.07, 6.45) is 16.7. The van der Waals surface area contributed by atoms with Crippen molar-refractivity contribution in [2.75, 3.05) is 6.26 Å². The van der Waals surface area contributed by atoms with Gasteiger partial charge in [-0.1, -0.05) is 85.6 Å². The van der Waals surface area contributed by atoms with E-state index in [1.807, 2.05) is 0 Å². The predicted octanol–water partition coefficient (Wildman–Crippen LogP) is 7.58. The summed E-state index contributed by atoms with van der Waals surface area (Å²) >= 11 is 1.81. The van der Waals surface area contributed by atoms with E-state index in [2.05, 4.69) is 90.9 Å². The van der Waals surface area contributed by atoms with Crippen LogP contribution in [-0.2, 0) is 0 Å². The van der Waals surface area contributed by atoms with E-state index in [0.717, 1.165) is 5.25 Å². The molecule has 2 aromatic rings. The van der Waals surface area contributed by atoms with Crippen molar-refractivity contribution in [3.63, 3.8) is 0 Å². The van der Waals surface area contributed by atoms with Gasteiger partial charge in [-0.05, 0) is 53.5 Å². The third-order valence-electron chi connectivity index (χ3n) is 5.86. The van der Waals surface area contributed by atoms with Crippen molar-refractivity contribution >= 4 is 21.8 Å². The minimum atomic E-state index is -0.945. The normalized spacial score (nSPS) is 23.4. The number of thioether (sulfide) groups is 1. The summed E-state index contributed by atoms with van der Waals surface area (Å²) in [6.45, 7) is 0. The Bertz CT molecular complexity index is 840. The van der Waals surface area contributed by atoms with Gasteiger partial charge in [0.1, 0.15) is 0 Å². The van der Waals surface area contributed by atoms with E-state index in [9.17, 15) is 0 Å². The summed E-state index contributed by atoms with van der Waals surface area (Å²) in [7, 11) is -0.945. The quantitative estimate of drug-likeness (QED) is 0.472. The van der Waals surface area contributed by atoms with E-state index in [4.69, 9.17) is 0 Å². The number of hydrogen-bond acceptors (Lipinski definition) is 1. The molecule has 1 fully saturated rings. The van der Waals surface area contributed by atoms with Crippen LogP contribution in [0.15, 0.2) is 99.3 Å². The van der Waals surface area contributed by atoms with Crippen LogP contribution in [0.4, 0.5) is 0 Å². The van der Waals surface area contributed by atoms with Crippen LogP contribution in [0, 0.1) is 0 Å². The first-order valence-corrected chi connectivity index (χ1v) is 12.9. The molecule has 2 aliphatic carbocycles. The SMILES string of the molecule is CS(c1ccccc1)(C1C=C=C(Sc2ccccc2)C=C1)C1CCCCC1. The minimum Gasteiger partial charge on any atom is -0.204 e. The fraction of sp³-hybridized carbons (Fsp3) is 0.320. The van der Waals surface area contributed by atoms with Gasteiger partial charge >= 0.3 is 0 Å². The van der Waals surface area contributed by atoms with Gasteiger partial charge in [0.05, 0.1) is 4.91 Å². The third kappa shape index (κ3) is 4.14. The van der Waals surface area contributed by atoms with Crippen LogP contribution in [0.25, 0.3) is 0 Å². The van der Waals surface area contributed by atoms with Gasteiger partial charge in [0.2, 0.25) is 0 Å². The Balaban J connectivity index is 1.63. The van der Waals surface area contributed by atoms with Crippen LogP contribution in [0.3, 0.4) is 0 Å². The first-order valence-electron chi connectivity index (χ1n) is 9.96. The van der Waals surface area contributed by atoms with Gasteiger partial charge < -0.3 is 0 Å². The Labute approximate surface area is 169 Å². The molecule has 2 aromatic carbocycles. The van der Waals surface area contributed by atoms with Crippen molar-refractivity contribution in [2.24, 2.45) is 0 Å². The fourth-order valence-electron chi connectivity index (χ4n) is 4.27. The topological polar surface area (TPSA) is 0 Å². The number of rotatable bonds is 5. The molecule has 0 aromatic heterocycles. The van der Waals surface area contributed by atoms with Crippen LogP contribution in [0.2, 0.25) is 0 Å². The Kier molecular flexibility index (Phi) is 5.98. The lowest BCUT2D eigenvalue weighted by Crippen LogP contribution is -2.28. The Morgan fingerprint density at radius 1 is 0.889 bits per heavy atom. The minimum absolute atomic E-state index is 0.489. The van der Waals surface area contributed by atoms with Gasteiger partial charge in [0, 0.05) is 10.1 Å². The van der Waals surface area contributed by atoms with Crippen LogP contribution in [-0.4, -0.2) is 16.8 Å². The van der Waals surface area contributed by atoms with E-state index in [-0.39, 0.29) is 0 Å². The van der Waals surface area contributed by atoms with Gasteiger partial charge in [0.25, 0.3) is 0 Å². The van der Waals surface area contributed by atoms with Crippen molar-refractivity contribution in [3.05, 3.63) is 89.5 Å². The summed E-state index contributed by atoms with van der Waals surface area (Å²) in [5.74, 6) is 0. The molecule has 2 unspecified atom stereocenters. The molecular weight excluding hydrogens is 364 g/mol. The largest absolute Gasteiger partial charge is 0.204 e. The molecule has 0 bridgehead atoms. The smallest absolute Gasteiger partial charge is 0.0535 e. The maximum Gasteiger partial charge on any atom is 0.0535 e. The second-order valence-corrected chi connectivity index (χ2v) is 12.4. The lowest BCUT2D eigenvalue weighted by molar-refractivity contribution is 0.511. The average Bonchev–Trinajstić information content (AvgIpc) is 2.76. The predicted molar refractivity (Wildman–Crippen MR) is 122 cm³/mol. The van der Waals surface area contributed by atoms with Crippen molar-refractivity contribution in [1.82, 2.24) is 0 Å². The molecule has 2 aliphatic rings. The molecule has 0 radical (unpaired) electrons. The first kappa shape index (κ1) is 18.7. The molecule has 0 heterocycles. The third-order valence-corrected chi connectivity index (χ3v) is 11.4. The lowest BCUT2D eigenvalue weighted by Gasteiger charge is -2.49. The molecule has 0 N–H and O–H groups in total. The van der Waals surface area contributed by atoms with Crippen LogP contribution in [0.5, 0.6) is 0 Å². The maximum atomic E-state index is 3.62. The highest BCUT2D eigenvalue weighted by Gasteiger charge is 2.36. The number of hydrogen-bond donors (Lipinski definition) is 0. The molecule has 0 aliphatic heterocycles. The summed E-state index contributed by atoms with van der Waals surface area (Å²) in [4.78, 5) is 4.06. The molecule has 27 heavy (non-hydrogen) atoms. The zero-order valence-electron chi connectivity index (χ0n) is 16.0. The van der Waals surface area contributed by atoms with Gasteiger partial charge in [-0.15, -0.1) is 5.73 Å². The summed E-state index contributed by atoms with van der Waals surface area (Å²) in [5.41, 5.74) is 3.62. The zero-order chi connectivity index (χ0) is 18.5. The van der Waals surface area contributed by atoms with E-state index in [0.29, 0.717) is 5.25 Å². The van der Waals surface area contributed by atoms with E-state index in [1.165, 1.54) is 41.9 Å². The van der Waals surface area contributed by atoms with E-state index in [1.54, 1.807) is 16.7 Å². The van der Waals surface area contributed by atoms with Crippen molar-refractivity contribution in [3.8, 4) is 0 Å². The van der Waals surface area contributed by atoms with Crippen LogP contribution >= 0.6 is 21.8 Å². The molecule has 0 saturated heterocycles. The summed E-state index contributed by atoms with van der Waals surface area (Å²) in [5, 5.41) is 1.31. The van der Waals surface area contributed by atoms with Gasteiger partial charge in [0.15, 0.2) is 0 Å². The molecule has 4 rings (SSSR count). The van der Waals surface area contributed by atoms with Gasteiger partial charge in [-0.25, -0.2) is 10.0 Å². The Hall–Kier alpha value is -1.60. The Morgan fingerprint density at radius 3 is 2.19 bits per heavy atom. The summed E-state index contributed by atoms with van der Waals surface area (Å²) in [6, 6.07) is 21.9. The molecular formula is C25H28S2. The monoisotopic (exact) mass is 392 g/mol. The Morgan fingerprint density at radius 2 is 1.56 bits per heavy atom. The highest BCUT2D eigenvalue weighted by molar-refractivity contribution is 8.34. The van der Waals surface area contributed by atoms with E-state index >= 15 is 0 Å². The molecule has 2 atom stereocenters. The highest BCUT2D eigenvalue weighted by Crippen LogP contribution is 2.64. The zero-order valence-corrected chi connectivity index (χ0v) is 17.6. The maximum absolute atomic E-state index is 3.62.